The minimum atomic E-state index is -0.599. The van der Waals surface area contributed by atoms with E-state index in [1.807, 2.05) is 71.3 Å². The Bertz CT molecular complexity index is 1430. The van der Waals surface area contributed by atoms with Crippen molar-refractivity contribution in [1.29, 1.82) is 0 Å². The van der Waals surface area contributed by atoms with Crippen molar-refractivity contribution in [3.8, 4) is 17.2 Å². The zero-order valence-corrected chi connectivity index (χ0v) is 14.5. The maximum atomic E-state index is 12.7. The number of aromatic nitrogens is 4. The van der Waals surface area contributed by atoms with Gasteiger partial charge in [0.2, 0.25) is 0 Å². The summed E-state index contributed by atoms with van der Waals surface area (Å²) in [5.74, 6) is 0.262. The van der Waals surface area contributed by atoms with Gasteiger partial charge in [-0.05, 0) is 23.6 Å². The summed E-state index contributed by atoms with van der Waals surface area (Å²) < 4.78 is 2.83. The van der Waals surface area contributed by atoms with E-state index in [1.165, 1.54) is 7.05 Å². The Balaban J connectivity index is 2.07. The first kappa shape index (κ1) is 15.5. The molecule has 0 radical (unpaired) electrons. The number of benzene rings is 3. The predicted molar refractivity (Wildman–Crippen MR) is 105 cm³/mol. The van der Waals surface area contributed by atoms with Gasteiger partial charge < -0.3 is 0 Å². The zero-order valence-electron chi connectivity index (χ0n) is 14.5. The van der Waals surface area contributed by atoms with E-state index in [4.69, 9.17) is 0 Å². The molecule has 6 heteroatoms. The van der Waals surface area contributed by atoms with Gasteiger partial charge in [-0.3, -0.25) is 13.9 Å². The van der Waals surface area contributed by atoms with Gasteiger partial charge in [-0.15, -0.1) is 0 Å². The van der Waals surface area contributed by atoms with E-state index in [1.54, 1.807) is 0 Å². The molecule has 0 saturated heterocycles. The lowest BCUT2D eigenvalue weighted by molar-refractivity contribution is 0.759. The third-order valence-corrected chi connectivity index (χ3v) is 4.78. The van der Waals surface area contributed by atoms with E-state index in [0.29, 0.717) is 5.52 Å². The third-order valence-electron chi connectivity index (χ3n) is 4.78. The molecule has 0 unspecified atom stereocenters. The summed E-state index contributed by atoms with van der Waals surface area (Å²) in [4.78, 5) is 33.6. The minimum Gasteiger partial charge on any atom is -0.290 e. The van der Waals surface area contributed by atoms with E-state index in [2.05, 4.69) is 9.97 Å². The van der Waals surface area contributed by atoms with Gasteiger partial charge in [-0.25, -0.2) is 9.78 Å². The molecule has 0 bridgehead atoms. The van der Waals surface area contributed by atoms with Gasteiger partial charge in [0.1, 0.15) is 0 Å². The summed E-state index contributed by atoms with van der Waals surface area (Å²) in [6, 6.07) is 21.4. The number of fused-ring (bicyclic) bond motifs is 3. The van der Waals surface area contributed by atoms with Gasteiger partial charge in [0, 0.05) is 12.4 Å². The molecule has 2 aliphatic heterocycles. The number of nitrogens with zero attached hydrogens (tertiary/aromatic N) is 4. The lowest BCUT2D eigenvalue weighted by Gasteiger charge is -2.18. The van der Waals surface area contributed by atoms with E-state index in [9.17, 15) is 9.59 Å². The van der Waals surface area contributed by atoms with Crippen molar-refractivity contribution in [2.45, 2.75) is 0 Å². The molecule has 0 fully saturated rings. The lowest BCUT2D eigenvalue weighted by Crippen LogP contribution is -2.36. The molecule has 3 aromatic carbocycles. The molecule has 3 aromatic rings. The highest BCUT2D eigenvalue weighted by atomic mass is 16.2. The van der Waals surface area contributed by atoms with Crippen LogP contribution in [0.4, 0.5) is 0 Å². The fourth-order valence-electron chi connectivity index (χ4n) is 3.44. The van der Waals surface area contributed by atoms with Gasteiger partial charge in [0.05, 0.1) is 16.7 Å². The van der Waals surface area contributed by atoms with E-state index in [0.717, 1.165) is 26.5 Å². The summed E-state index contributed by atoms with van der Waals surface area (Å²) in [5, 5.41) is 2.06. The summed E-state index contributed by atoms with van der Waals surface area (Å²) in [6.07, 6.45) is 0. The van der Waals surface area contributed by atoms with E-state index in [-0.39, 0.29) is 11.5 Å². The third kappa shape index (κ3) is 2.20. The van der Waals surface area contributed by atoms with Crippen molar-refractivity contribution in [2.24, 2.45) is 7.05 Å². The average Bonchev–Trinajstić information content (AvgIpc) is 2.71. The Kier molecular flexibility index (Phi) is 3.21. The molecule has 0 aliphatic carbocycles. The molecule has 130 valence electrons. The molecule has 2 aliphatic rings. The Morgan fingerprint density at radius 2 is 1.56 bits per heavy atom. The van der Waals surface area contributed by atoms with E-state index < -0.39 is 11.2 Å². The van der Waals surface area contributed by atoms with Crippen molar-refractivity contribution in [3.05, 3.63) is 87.6 Å². The van der Waals surface area contributed by atoms with E-state index >= 15 is 0 Å². The summed E-state index contributed by atoms with van der Waals surface area (Å²) in [6.45, 7) is 0. The van der Waals surface area contributed by atoms with Crippen LogP contribution in [0.2, 0.25) is 0 Å². The molecule has 2 heterocycles. The van der Waals surface area contributed by atoms with Gasteiger partial charge in [0.25, 0.3) is 5.56 Å². The van der Waals surface area contributed by atoms with Gasteiger partial charge in [-0.1, -0.05) is 48.5 Å². The van der Waals surface area contributed by atoms with Crippen molar-refractivity contribution < 1.29 is 0 Å². The van der Waals surface area contributed by atoms with Crippen LogP contribution in [0.5, 0.6) is 0 Å². The normalized spacial score (nSPS) is 11.4. The fraction of sp³-hybridized carbons (Fsp3) is 0.0476. The van der Waals surface area contributed by atoms with Crippen LogP contribution in [0, 0.1) is 0 Å². The monoisotopic (exact) mass is 354 g/mol. The molecule has 0 N–H and O–H groups in total. The fourth-order valence-corrected chi connectivity index (χ4v) is 3.44. The Labute approximate surface area is 153 Å². The maximum absolute atomic E-state index is 12.7. The quantitative estimate of drug-likeness (QED) is 0.434. The van der Waals surface area contributed by atoms with Gasteiger partial charge in [0.15, 0.2) is 11.5 Å². The molecule has 27 heavy (non-hydrogen) atoms. The Hall–Kier alpha value is -3.80. The molecule has 0 aromatic heterocycles. The SMILES string of the molecule is Cn1c(=O)nc2n(-c3cccc4ccccc34)c3ccccc3nc-2c1=O. The van der Waals surface area contributed by atoms with Crippen molar-refractivity contribution in [1.82, 2.24) is 19.1 Å². The van der Waals surface area contributed by atoms with Crippen LogP contribution in [0.3, 0.4) is 0 Å². The topological polar surface area (TPSA) is 69.8 Å². The van der Waals surface area contributed by atoms with Crippen molar-refractivity contribution in [3.63, 3.8) is 0 Å². The number of para-hydroxylation sites is 2. The minimum absolute atomic E-state index is 0.170. The largest absolute Gasteiger partial charge is 0.352 e. The van der Waals surface area contributed by atoms with Crippen molar-refractivity contribution in [2.75, 3.05) is 0 Å². The summed E-state index contributed by atoms with van der Waals surface area (Å²) >= 11 is 0. The molecular weight excluding hydrogens is 340 g/mol. The first-order valence-electron chi connectivity index (χ1n) is 8.52. The van der Waals surface area contributed by atoms with Crippen LogP contribution in [0.15, 0.2) is 76.3 Å². The van der Waals surface area contributed by atoms with Gasteiger partial charge in [-0.2, -0.15) is 4.98 Å². The predicted octanol–water partition coefficient (Wildman–Crippen LogP) is 2.74. The first-order valence-corrected chi connectivity index (χ1v) is 8.52. The van der Waals surface area contributed by atoms with Crippen LogP contribution < -0.4 is 11.2 Å². The second-order valence-electron chi connectivity index (χ2n) is 6.36. The van der Waals surface area contributed by atoms with Crippen LogP contribution in [0.25, 0.3) is 39.0 Å². The highest BCUT2D eigenvalue weighted by Gasteiger charge is 2.21. The van der Waals surface area contributed by atoms with Crippen molar-refractivity contribution >= 4 is 21.8 Å². The molecule has 0 atom stereocenters. The average molecular weight is 354 g/mol. The summed E-state index contributed by atoms with van der Waals surface area (Å²) in [7, 11) is 1.41. The highest BCUT2D eigenvalue weighted by Crippen LogP contribution is 2.29. The lowest BCUT2D eigenvalue weighted by atomic mass is 10.1. The smallest absolute Gasteiger partial charge is 0.290 e. The standard InChI is InChI=1S/C21H14N4O2/c1-24-20(26)18-19(23-21(24)27)25(17-11-5-4-10-15(17)22-18)16-12-6-8-13-7-2-3-9-14(13)16/h2-12H,1H3. The Morgan fingerprint density at radius 3 is 2.44 bits per heavy atom. The van der Waals surface area contributed by atoms with Crippen LogP contribution in [0.1, 0.15) is 0 Å². The molecule has 0 saturated carbocycles. The van der Waals surface area contributed by atoms with Crippen LogP contribution in [-0.2, 0) is 7.05 Å². The highest BCUT2D eigenvalue weighted by molar-refractivity contribution is 5.93. The zero-order chi connectivity index (χ0) is 18.5. The number of hydrogen-bond donors (Lipinski definition) is 0. The Morgan fingerprint density at radius 1 is 0.815 bits per heavy atom. The summed E-state index contributed by atoms with van der Waals surface area (Å²) in [5.41, 5.74) is 1.40. The number of rotatable bonds is 1. The molecule has 5 rings (SSSR count). The van der Waals surface area contributed by atoms with Crippen LogP contribution >= 0.6 is 0 Å². The first-order chi connectivity index (χ1) is 13.1. The molecule has 6 nitrogen and oxygen atoms in total. The maximum Gasteiger partial charge on any atom is 0.352 e. The van der Waals surface area contributed by atoms with Crippen LogP contribution in [-0.4, -0.2) is 19.1 Å². The molecule has 0 spiro atoms. The second-order valence-corrected chi connectivity index (χ2v) is 6.36. The second kappa shape index (κ2) is 5.60. The molecular formula is C21H14N4O2. The molecule has 0 amide bonds. The van der Waals surface area contributed by atoms with Gasteiger partial charge >= 0.3 is 5.69 Å². The number of hydrogen-bond acceptors (Lipinski definition) is 4.